The van der Waals surface area contributed by atoms with Crippen molar-refractivity contribution in [2.45, 2.75) is 45.6 Å². The van der Waals surface area contributed by atoms with Crippen LogP contribution in [0.25, 0.3) is 0 Å². The summed E-state index contributed by atoms with van der Waals surface area (Å²) in [5.41, 5.74) is 0. The molecule has 0 radical (unpaired) electrons. The summed E-state index contributed by atoms with van der Waals surface area (Å²) in [6, 6.07) is 0.469. The number of carboxylic acids is 1. The highest BCUT2D eigenvalue weighted by Gasteiger charge is 2.14. The van der Waals surface area contributed by atoms with Crippen LogP contribution >= 0.6 is 0 Å². The van der Waals surface area contributed by atoms with Crippen molar-refractivity contribution in [1.29, 1.82) is 0 Å². The standard InChI is InChI=1S/C7H13NO2.C2H6/c9-7(10)4-3-6-2-1-5-8-6;1-2/h6,8H,1-5H2,(H,9,10);1-2H3. The molecule has 0 bridgehead atoms. The molecule has 12 heavy (non-hydrogen) atoms. The molecule has 0 aromatic rings. The molecule has 2 N–H and O–H groups in total. The molecule has 0 aliphatic carbocycles. The normalized spacial score (nSPS) is 21.3. The molecule has 0 saturated carbocycles. The van der Waals surface area contributed by atoms with Crippen LogP contribution in [0.3, 0.4) is 0 Å². The fraction of sp³-hybridized carbons (Fsp3) is 0.889. The molecular formula is C9H19NO2. The Hall–Kier alpha value is -0.570. The largest absolute Gasteiger partial charge is 0.481 e. The molecule has 0 spiro atoms. The lowest BCUT2D eigenvalue weighted by Gasteiger charge is -2.05. The van der Waals surface area contributed by atoms with E-state index in [1.54, 1.807) is 0 Å². The average molecular weight is 173 g/mol. The first-order valence-corrected chi connectivity index (χ1v) is 4.74. The van der Waals surface area contributed by atoms with Gasteiger partial charge in [-0.1, -0.05) is 13.8 Å². The third kappa shape index (κ3) is 5.13. The smallest absolute Gasteiger partial charge is 0.303 e. The summed E-state index contributed by atoms with van der Waals surface area (Å²) in [5.74, 6) is -0.686. The van der Waals surface area contributed by atoms with Gasteiger partial charge >= 0.3 is 5.97 Å². The molecule has 0 aromatic heterocycles. The van der Waals surface area contributed by atoms with Gasteiger partial charge in [0.25, 0.3) is 0 Å². The average Bonchev–Trinajstić information content (AvgIpc) is 2.56. The minimum absolute atomic E-state index is 0.303. The van der Waals surface area contributed by atoms with E-state index in [-0.39, 0.29) is 0 Å². The van der Waals surface area contributed by atoms with E-state index >= 15 is 0 Å². The van der Waals surface area contributed by atoms with Gasteiger partial charge in [-0.25, -0.2) is 0 Å². The third-order valence-corrected chi connectivity index (χ3v) is 1.87. The highest BCUT2D eigenvalue weighted by atomic mass is 16.4. The van der Waals surface area contributed by atoms with Gasteiger partial charge in [-0.05, 0) is 25.8 Å². The van der Waals surface area contributed by atoms with Crippen LogP contribution in [-0.4, -0.2) is 23.7 Å². The van der Waals surface area contributed by atoms with Gasteiger partial charge in [0.1, 0.15) is 0 Å². The number of rotatable bonds is 3. The molecule has 0 aromatic carbocycles. The molecule has 3 heteroatoms. The Morgan fingerprint density at radius 2 is 2.25 bits per heavy atom. The Morgan fingerprint density at radius 3 is 2.67 bits per heavy atom. The van der Waals surface area contributed by atoms with Crippen LogP contribution in [-0.2, 0) is 4.79 Å². The van der Waals surface area contributed by atoms with Crippen LogP contribution in [0.1, 0.15) is 39.5 Å². The first-order valence-electron chi connectivity index (χ1n) is 4.74. The Labute approximate surface area is 74.2 Å². The van der Waals surface area contributed by atoms with Gasteiger partial charge in [0.05, 0.1) is 0 Å². The van der Waals surface area contributed by atoms with Crippen molar-refractivity contribution in [3.63, 3.8) is 0 Å². The second-order valence-corrected chi connectivity index (χ2v) is 2.73. The molecule has 1 unspecified atom stereocenters. The van der Waals surface area contributed by atoms with Crippen molar-refractivity contribution >= 4 is 5.97 Å². The van der Waals surface area contributed by atoms with Gasteiger partial charge in [-0.3, -0.25) is 4.79 Å². The second kappa shape index (κ2) is 7.10. The van der Waals surface area contributed by atoms with Crippen molar-refractivity contribution in [1.82, 2.24) is 5.32 Å². The number of hydrogen-bond donors (Lipinski definition) is 2. The van der Waals surface area contributed by atoms with Crippen LogP contribution < -0.4 is 5.32 Å². The Balaban J connectivity index is 0.000000561. The van der Waals surface area contributed by atoms with Crippen molar-refractivity contribution in [3.8, 4) is 0 Å². The number of carboxylic acid groups (broad SMARTS) is 1. The minimum atomic E-state index is -0.686. The molecule has 1 rings (SSSR count). The molecule has 1 fully saturated rings. The fourth-order valence-electron chi connectivity index (χ4n) is 1.30. The summed E-state index contributed by atoms with van der Waals surface area (Å²) < 4.78 is 0. The van der Waals surface area contributed by atoms with E-state index < -0.39 is 5.97 Å². The Morgan fingerprint density at radius 1 is 1.58 bits per heavy atom. The Bertz CT molecular complexity index is 120. The molecule has 1 aliphatic heterocycles. The molecule has 72 valence electrons. The maximum absolute atomic E-state index is 10.1. The summed E-state index contributed by atoms with van der Waals surface area (Å²) >= 11 is 0. The number of nitrogens with one attached hydrogen (secondary N) is 1. The highest BCUT2D eigenvalue weighted by Crippen LogP contribution is 2.09. The van der Waals surface area contributed by atoms with E-state index in [1.807, 2.05) is 13.8 Å². The van der Waals surface area contributed by atoms with E-state index in [0.29, 0.717) is 12.5 Å². The molecule has 0 amide bonds. The van der Waals surface area contributed by atoms with Gasteiger partial charge in [0.2, 0.25) is 0 Å². The van der Waals surface area contributed by atoms with Crippen molar-refractivity contribution in [3.05, 3.63) is 0 Å². The predicted molar refractivity (Wildman–Crippen MR) is 49.2 cm³/mol. The topological polar surface area (TPSA) is 49.3 Å². The highest BCUT2D eigenvalue weighted by molar-refractivity contribution is 5.66. The Kier molecular flexibility index (Phi) is 6.76. The summed E-state index contributed by atoms with van der Waals surface area (Å²) in [6.45, 7) is 5.06. The lowest BCUT2D eigenvalue weighted by Crippen LogP contribution is -2.21. The van der Waals surface area contributed by atoms with Gasteiger partial charge in [-0.15, -0.1) is 0 Å². The first kappa shape index (κ1) is 11.4. The van der Waals surface area contributed by atoms with Gasteiger partial charge < -0.3 is 10.4 Å². The van der Waals surface area contributed by atoms with E-state index in [1.165, 1.54) is 6.42 Å². The maximum Gasteiger partial charge on any atom is 0.303 e. The zero-order valence-corrected chi connectivity index (χ0v) is 7.97. The zero-order valence-electron chi connectivity index (χ0n) is 7.97. The van der Waals surface area contributed by atoms with E-state index in [9.17, 15) is 4.79 Å². The SMILES string of the molecule is CC.O=C(O)CCC1CCCN1. The van der Waals surface area contributed by atoms with Crippen LogP contribution in [0.15, 0.2) is 0 Å². The molecule has 1 heterocycles. The third-order valence-electron chi connectivity index (χ3n) is 1.87. The quantitative estimate of drug-likeness (QED) is 0.682. The van der Waals surface area contributed by atoms with Crippen LogP contribution in [0.5, 0.6) is 0 Å². The second-order valence-electron chi connectivity index (χ2n) is 2.73. The predicted octanol–water partition coefficient (Wildman–Crippen LogP) is 1.63. The van der Waals surface area contributed by atoms with E-state index in [2.05, 4.69) is 5.32 Å². The van der Waals surface area contributed by atoms with E-state index in [4.69, 9.17) is 5.11 Å². The molecule has 1 saturated heterocycles. The van der Waals surface area contributed by atoms with Gasteiger partial charge in [0, 0.05) is 12.5 Å². The minimum Gasteiger partial charge on any atom is -0.481 e. The molecule has 1 aliphatic rings. The summed E-state index contributed by atoms with van der Waals surface area (Å²) in [4.78, 5) is 10.1. The van der Waals surface area contributed by atoms with Crippen molar-refractivity contribution < 1.29 is 9.90 Å². The molecule has 1 atom stereocenters. The number of carbonyl (C=O) groups is 1. The lowest BCUT2D eigenvalue weighted by molar-refractivity contribution is -0.137. The van der Waals surface area contributed by atoms with Crippen molar-refractivity contribution in [2.75, 3.05) is 6.54 Å². The zero-order chi connectivity index (χ0) is 9.40. The summed E-state index contributed by atoms with van der Waals surface area (Å²) in [6.07, 6.45) is 3.44. The fourth-order valence-corrected chi connectivity index (χ4v) is 1.30. The van der Waals surface area contributed by atoms with Crippen LogP contribution in [0.2, 0.25) is 0 Å². The monoisotopic (exact) mass is 173 g/mol. The lowest BCUT2D eigenvalue weighted by atomic mass is 10.1. The number of aliphatic carboxylic acids is 1. The first-order chi connectivity index (χ1) is 5.79. The summed E-state index contributed by atoms with van der Waals surface area (Å²) in [7, 11) is 0. The molecule has 3 nitrogen and oxygen atoms in total. The summed E-state index contributed by atoms with van der Waals surface area (Å²) in [5, 5.41) is 11.6. The maximum atomic E-state index is 10.1. The van der Waals surface area contributed by atoms with Crippen LogP contribution in [0.4, 0.5) is 0 Å². The van der Waals surface area contributed by atoms with E-state index in [0.717, 1.165) is 19.4 Å². The van der Waals surface area contributed by atoms with Gasteiger partial charge in [-0.2, -0.15) is 0 Å². The number of hydrogen-bond acceptors (Lipinski definition) is 2. The van der Waals surface area contributed by atoms with Gasteiger partial charge in [0.15, 0.2) is 0 Å². The van der Waals surface area contributed by atoms with Crippen LogP contribution in [0, 0.1) is 0 Å². The van der Waals surface area contributed by atoms with Crippen molar-refractivity contribution in [2.24, 2.45) is 0 Å². The molecular weight excluding hydrogens is 154 g/mol.